The van der Waals surface area contributed by atoms with Gasteiger partial charge in [0.05, 0.1) is 0 Å². The lowest BCUT2D eigenvalue weighted by molar-refractivity contribution is -0.129. The van der Waals surface area contributed by atoms with E-state index in [1.807, 2.05) is 20.8 Å². The summed E-state index contributed by atoms with van der Waals surface area (Å²) in [4.78, 5) is 27.6. The summed E-state index contributed by atoms with van der Waals surface area (Å²) in [6.45, 7) is 7.49. The molecule has 2 aliphatic heterocycles. The van der Waals surface area contributed by atoms with E-state index in [0.717, 1.165) is 0 Å². The van der Waals surface area contributed by atoms with Crippen molar-refractivity contribution in [3.05, 3.63) is 24.0 Å². The standard InChI is InChI=1S/C14H22N4O3/c1-14(2,3)21-13(20)18-9-7-17(8-10-18)12(19)11-5-4-6-15-16-11/h4-6,15-16H,7-10H2,1-3H3. The van der Waals surface area contributed by atoms with E-state index in [1.54, 1.807) is 28.2 Å². The number of nitrogens with zero attached hydrogens (tertiary/aromatic N) is 2. The average molecular weight is 294 g/mol. The number of amides is 2. The first-order valence-electron chi connectivity index (χ1n) is 7.02. The van der Waals surface area contributed by atoms with Crippen molar-refractivity contribution in [3.8, 4) is 0 Å². The highest BCUT2D eigenvalue weighted by molar-refractivity contribution is 5.93. The summed E-state index contributed by atoms with van der Waals surface area (Å²) in [7, 11) is 0. The zero-order chi connectivity index (χ0) is 15.5. The minimum Gasteiger partial charge on any atom is -0.444 e. The second kappa shape index (κ2) is 6.07. The first kappa shape index (κ1) is 15.2. The molecule has 1 saturated heterocycles. The highest BCUT2D eigenvalue weighted by Gasteiger charge is 2.28. The zero-order valence-corrected chi connectivity index (χ0v) is 12.7. The van der Waals surface area contributed by atoms with E-state index in [9.17, 15) is 9.59 Å². The molecule has 116 valence electrons. The van der Waals surface area contributed by atoms with Gasteiger partial charge in [-0.2, -0.15) is 0 Å². The third kappa shape index (κ3) is 4.14. The quantitative estimate of drug-likeness (QED) is 0.740. The van der Waals surface area contributed by atoms with Crippen LogP contribution in [0, 0.1) is 0 Å². The van der Waals surface area contributed by atoms with E-state index in [0.29, 0.717) is 31.9 Å². The number of hydrogen-bond acceptors (Lipinski definition) is 5. The lowest BCUT2D eigenvalue weighted by Gasteiger charge is -2.36. The Morgan fingerprint density at radius 3 is 2.29 bits per heavy atom. The van der Waals surface area contributed by atoms with Crippen LogP contribution in [0.1, 0.15) is 20.8 Å². The van der Waals surface area contributed by atoms with Gasteiger partial charge in [-0.05, 0) is 32.9 Å². The summed E-state index contributed by atoms with van der Waals surface area (Å²) < 4.78 is 5.33. The van der Waals surface area contributed by atoms with Crippen LogP contribution in [-0.4, -0.2) is 53.6 Å². The predicted octanol–water partition coefficient (Wildman–Crippen LogP) is 0.571. The van der Waals surface area contributed by atoms with Crippen LogP contribution in [0.15, 0.2) is 24.0 Å². The normalized spacial score (nSPS) is 18.5. The van der Waals surface area contributed by atoms with Crippen LogP contribution >= 0.6 is 0 Å². The van der Waals surface area contributed by atoms with E-state index in [2.05, 4.69) is 10.9 Å². The first-order chi connectivity index (χ1) is 9.87. The maximum atomic E-state index is 12.2. The Hall–Kier alpha value is -2.18. The number of allylic oxidation sites excluding steroid dienone is 2. The molecule has 2 amide bonds. The molecule has 0 aromatic carbocycles. The maximum Gasteiger partial charge on any atom is 0.410 e. The molecular formula is C14H22N4O3. The van der Waals surface area contributed by atoms with Gasteiger partial charge in [-0.3, -0.25) is 10.2 Å². The first-order valence-corrected chi connectivity index (χ1v) is 7.02. The van der Waals surface area contributed by atoms with Crippen molar-refractivity contribution in [3.63, 3.8) is 0 Å². The monoisotopic (exact) mass is 294 g/mol. The maximum absolute atomic E-state index is 12.2. The van der Waals surface area contributed by atoms with E-state index in [1.165, 1.54) is 0 Å². The molecule has 2 rings (SSSR count). The van der Waals surface area contributed by atoms with Gasteiger partial charge in [0.15, 0.2) is 0 Å². The van der Waals surface area contributed by atoms with Crippen molar-refractivity contribution >= 4 is 12.0 Å². The van der Waals surface area contributed by atoms with Gasteiger partial charge in [0.2, 0.25) is 0 Å². The summed E-state index contributed by atoms with van der Waals surface area (Å²) in [5.74, 6) is -0.0734. The van der Waals surface area contributed by atoms with Gasteiger partial charge < -0.3 is 20.0 Å². The van der Waals surface area contributed by atoms with E-state index < -0.39 is 5.60 Å². The number of hydrazine groups is 1. The summed E-state index contributed by atoms with van der Waals surface area (Å²) >= 11 is 0. The van der Waals surface area contributed by atoms with Crippen molar-refractivity contribution in [1.29, 1.82) is 0 Å². The molecule has 0 unspecified atom stereocenters. The molecule has 0 aliphatic carbocycles. The lowest BCUT2D eigenvalue weighted by Crippen LogP contribution is -2.53. The van der Waals surface area contributed by atoms with E-state index in [4.69, 9.17) is 4.74 Å². The molecule has 1 fully saturated rings. The Labute approximate surface area is 124 Å². The van der Waals surface area contributed by atoms with Crippen LogP contribution in [0.2, 0.25) is 0 Å². The van der Waals surface area contributed by atoms with Gasteiger partial charge in [-0.15, -0.1) is 0 Å². The van der Waals surface area contributed by atoms with Gasteiger partial charge in [0.25, 0.3) is 5.91 Å². The molecule has 0 radical (unpaired) electrons. The Morgan fingerprint density at radius 1 is 1.14 bits per heavy atom. The summed E-state index contributed by atoms with van der Waals surface area (Å²) in [5.41, 5.74) is 5.59. The second-order valence-corrected chi connectivity index (χ2v) is 5.97. The molecule has 7 heteroatoms. The van der Waals surface area contributed by atoms with Crippen LogP contribution in [-0.2, 0) is 9.53 Å². The second-order valence-electron chi connectivity index (χ2n) is 5.97. The number of carbonyl (C=O) groups excluding carboxylic acids is 2. The Balaban J connectivity index is 1.85. The summed E-state index contributed by atoms with van der Waals surface area (Å²) in [6.07, 6.45) is 4.87. The van der Waals surface area contributed by atoms with Crippen LogP contribution in [0.25, 0.3) is 0 Å². The van der Waals surface area contributed by atoms with Gasteiger partial charge in [-0.25, -0.2) is 4.79 Å². The smallest absolute Gasteiger partial charge is 0.410 e. The van der Waals surface area contributed by atoms with Gasteiger partial charge in [-0.1, -0.05) is 0 Å². The minimum atomic E-state index is -0.501. The van der Waals surface area contributed by atoms with Crippen LogP contribution in [0.3, 0.4) is 0 Å². The average Bonchev–Trinajstić information content (AvgIpc) is 2.46. The van der Waals surface area contributed by atoms with Crippen molar-refractivity contribution in [2.75, 3.05) is 26.2 Å². The topological polar surface area (TPSA) is 73.9 Å². The van der Waals surface area contributed by atoms with Gasteiger partial charge in [0.1, 0.15) is 11.3 Å². The van der Waals surface area contributed by atoms with Crippen LogP contribution in [0.5, 0.6) is 0 Å². The number of ether oxygens (including phenoxy) is 1. The fourth-order valence-corrected chi connectivity index (χ4v) is 2.07. The van der Waals surface area contributed by atoms with Crippen LogP contribution in [0.4, 0.5) is 4.79 Å². The third-order valence-corrected chi connectivity index (χ3v) is 3.10. The SMILES string of the molecule is CC(C)(C)OC(=O)N1CCN(C(=O)C2=CC=CNN2)CC1. The molecule has 2 N–H and O–H groups in total. The van der Waals surface area contributed by atoms with Crippen molar-refractivity contribution in [2.24, 2.45) is 0 Å². The largest absolute Gasteiger partial charge is 0.444 e. The Bertz CT molecular complexity index is 471. The molecule has 2 aliphatic rings. The summed E-state index contributed by atoms with van der Waals surface area (Å²) in [5, 5.41) is 0. The van der Waals surface area contributed by atoms with Gasteiger partial charge >= 0.3 is 6.09 Å². The molecule has 2 heterocycles. The highest BCUT2D eigenvalue weighted by Crippen LogP contribution is 2.12. The molecule has 0 aromatic heterocycles. The minimum absolute atomic E-state index is 0.0734. The van der Waals surface area contributed by atoms with Crippen molar-refractivity contribution < 1.29 is 14.3 Å². The number of rotatable bonds is 1. The molecule has 21 heavy (non-hydrogen) atoms. The Kier molecular flexibility index (Phi) is 4.40. The molecule has 0 aromatic rings. The van der Waals surface area contributed by atoms with Crippen molar-refractivity contribution in [2.45, 2.75) is 26.4 Å². The molecule has 7 nitrogen and oxygen atoms in total. The fraction of sp³-hybridized carbons (Fsp3) is 0.571. The number of hydrogen-bond donors (Lipinski definition) is 2. The number of carbonyl (C=O) groups is 2. The predicted molar refractivity (Wildman–Crippen MR) is 77.9 cm³/mol. The van der Waals surface area contributed by atoms with Gasteiger partial charge in [0, 0.05) is 32.4 Å². The molecular weight excluding hydrogens is 272 g/mol. The fourth-order valence-electron chi connectivity index (χ4n) is 2.07. The highest BCUT2D eigenvalue weighted by atomic mass is 16.6. The molecule has 0 spiro atoms. The van der Waals surface area contributed by atoms with E-state index >= 15 is 0 Å². The number of piperazine rings is 1. The van der Waals surface area contributed by atoms with Crippen LogP contribution < -0.4 is 10.9 Å². The third-order valence-electron chi connectivity index (χ3n) is 3.10. The number of nitrogens with one attached hydrogen (secondary N) is 2. The van der Waals surface area contributed by atoms with E-state index in [-0.39, 0.29) is 12.0 Å². The van der Waals surface area contributed by atoms with Crippen molar-refractivity contribution in [1.82, 2.24) is 20.7 Å². The molecule has 0 atom stereocenters. The zero-order valence-electron chi connectivity index (χ0n) is 12.7. The lowest BCUT2D eigenvalue weighted by atomic mass is 10.2. The molecule has 0 bridgehead atoms. The molecule has 0 saturated carbocycles. The Morgan fingerprint density at radius 2 is 1.76 bits per heavy atom. The summed E-state index contributed by atoms with van der Waals surface area (Å²) in [6, 6.07) is 0.